The highest BCUT2D eigenvalue weighted by Gasteiger charge is 2.32. The summed E-state index contributed by atoms with van der Waals surface area (Å²) in [7, 11) is 0. The van der Waals surface area contributed by atoms with Crippen LogP contribution in [0, 0.1) is 11.3 Å². The fourth-order valence-corrected chi connectivity index (χ4v) is 3.74. The molecule has 1 N–H and O–H groups in total. The number of nitriles is 1. The fraction of sp³-hybridized carbons (Fsp3) is 0.150. The van der Waals surface area contributed by atoms with E-state index in [1.54, 1.807) is 24.3 Å². The maximum Gasteiger partial charge on any atom is 0.200 e. The van der Waals surface area contributed by atoms with Gasteiger partial charge in [-0.2, -0.15) is 9.99 Å². The first kappa shape index (κ1) is 16.4. The molecule has 0 saturated heterocycles. The molecule has 0 radical (unpaired) electrons. The number of carbonyl (C=O) groups excluding carboxylic acids is 1. The number of Topliss-reactive ketones (excluding diaryl/α,β-unsaturated/α-hetero) is 1. The lowest BCUT2D eigenvalue weighted by atomic mass is 9.81. The summed E-state index contributed by atoms with van der Waals surface area (Å²) >= 11 is 5.95. The first-order valence-corrected chi connectivity index (χ1v) is 8.47. The molecular formula is C20H13ClN2O3. The number of carbonyl (C=O) groups is 1. The summed E-state index contributed by atoms with van der Waals surface area (Å²) in [5, 5.41) is 20.1. The van der Waals surface area contributed by atoms with E-state index in [2.05, 4.69) is 6.07 Å². The van der Waals surface area contributed by atoms with Crippen molar-refractivity contribution in [3.8, 4) is 6.07 Å². The summed E-state index contributed by atoms with van der Waals surface area (Å²) < 4.78 is 0.927. The Morgan fingerprint density at radius 3 is 2.54 bits per heavy atom. The molecule has 3 aromatic rings. The first-order valence-electron chi connectivity index (χ1n) is 8.09. The summed E-state index contributed by atoms with van der Waals surface area (Å²) in [5.41, 5.74) is 1.71. The highest BCUT2D eigenvalue weighted by Crippen LogP contribution is 2.33. The molecule has 5 nitrogen and oxygen atoms in total. The van der Waals surface area contributed by atoms with Gasteiger partial charge in [0.1, 0.15) is 0 Å². The van der Waals surface area contributed by atoms with Crippen LogP contribution in [0.15, 0.2) is 47.3 Å². The van der Waals surface area contributed by atoms with Crippen LogP contribution in [-0.2, 0) is 6.42 Å². The molecular weight excluding hydrogens is 352 g/mol. The van der Waals surface area contributed by atoms with Crippen molar-refractivity contribution in [3.05, 3.63) is 80.1 Å². The zero-order chi connectivity index (χ0) is 18.4. The molecule has 1 atom stereocenters. The normalized spacial score (nSPS) is 16.3. The van der Waals surface area contributed by atoms with E-state index < -0.39 is 5.43 Å². The Bertz CT molecular complexity index is 1160. The zero-order valence-corrected chi connectivity index (χ0v) is 14.3. The molecule has 0 aliphatic heterocycles. The summed E-state index contributed by atoms with van der Waals surface area (Å²) in [6.07, 6.45) is 0.539. The van der Waals surface area contributed by atoms with Gasteiger partial charge in [-0.3, -0.25) is 9.59 Å². The number of ketones is 1. The molecule has 26 heavy (non-hydrogen) atoms. The van der Waals surface area contributed by atoms with E-state index >= 15 is 0 Å². The largest absolute Gasteiger partial charge is 0.428 e. The molecule has 1 aliphatic rings. The second-order valence-corrected chi connectivity index (χ2v) is 6.82. The molecule has 4 rings (SSSR count). The van der Waals surface area contributed by atoms with Gasteiger partial charge in [0.2, 0.25) is 5.43 Å². The fourth-order valence-electron chi connectivity index (χ4n) is 3.56. The van der Waals surface area contributed by atoms with Gasteiger partial charge in [-0.1, -0.05) is 23.7 Å². The maximum atomic E-state index is 12.8. The standard InChI is InChI=1S/C20H13ClN2O3/c21-14-5-6-16-15(9-14)20(25)19-17(23(16)26)7-13(8-18(19)24)12-3-1-11(10-22)2-4-12/h1-6,9,13,26H,7-8H2. The van der Waals surface area contributed by atoms with Crippen molar-refractivity contribution in [1.82, 2.24) is 4.73 Å². The van der Waals surface area contributed by atoms with Gasteiger partial charge in [-0.05, 0) is 48.2 Å². The van der Waals surface area contributed by atoms with Gasteiger partial charge in [0, 0.05) is 11.4 Å². The molecule has 1 heterocycles. The Morgan fingerprint density at radius 2 is 1.85 bits per heavy atom. The van der Waals surface area contributed by atoms with Crippen LogP contribution in [0.1, 0.15) is 39.5 Å². The van der Waals surface area contributed by atoms with Crippen molar-refractivity contribution in [2.24, 2.45) is 0 Å². The average molecular weight is 365 g/mol. The lowest BCUT2D eigenvalue weighted by molar-refractivity contribution is 0.0949. The number of fused-ring (bicyclic) bond motifs is 2. The van der Waals surface area contributed by atoms with E-state index in [9.17, 15) is 14.8 Å². The molecule has 0 saturated carbocycles. The third kappa shape index (κ3) is 2.47. The van der Waals surface area contributed by atoms with Crippen molar-refractivity contribution in [2.75, 3.05) is 0 Å². The molecule has 1 aromatic heterocycles. The van der Waals surface area contributed by atoms with Crippen molar-refractivity contribution < 1.29 is 10.0 Å². The molecule has 0 bridgehead atoms. The van der Waals surface area contributed by atoms with E-state index in [0.717, 1.165) is 10.3 Å². The predicted octanol–water partition coefficient (Wildman–Crippen LogP) is 3.68. The van der Waals surface area contributed by atoms with Crippen molar-refractivity contribution in [2.45, 2.75) is 18.8 Å². The van der Waals surface area contributed by atoms with Crippen LogP contribution in [0.3, 0.4) is 0 Å². The molecule has 6 heteroatoms. The predicted molar refractivity (Wildman–Crippen MR) is 97.0 cm³/mol. The van der Waals surface area contributed by atoms with Crippen molar-refractivity contribution >= 4 is 28.3 Å². The number of hydrogen-bond acceptors (Lipinski definition) is 4. The quantitative estimate of drug-likeness (QED) is 0.668. The maximum absolute atomic E-state index is 12.8. The summed E-state index contributed by atoms with van der Waals surface area (Å²) in [6.45, 7) is 0. The minimum absolute atomic E-state index is 0.0344. The lowest BCUT2D eigenvalue weighted by Gasteiger charge is -2.25. The van der Waals surface area contributed by atoms with Crippen LogP contribution in [0.2, 0.25) is 5.02 Å². The van der Waals surface area contributed by atoms with Crippen molar-refractivity contribution in [3.63, 3.8) is 0 Å². The SMILES string of the molecule is N#Cc1ccc(C2CC(=O)c3c(n(O)c4ccc(Cl)cc4c3=O)C2)cc1. The molecule has 0 spiro atoms. The highest BCUT2D eigenvalue weighted by molar-refractivity contribution is 6.31. The molecule has 1 unspecified atom stereocenters. The Balaban J connectivity index is 1.87. The number of pyridine rings is 1. The number of halogens is 1. The van der Waals surface area contributed by atoms with E-state index in [0.29, 0.717) is 28.2 Å². The molecule has 0 amide bonds. The minimum atomic E-state index is -0.397. The van der Waals surface area contributed by atoms with Gasteiger partial charge in [0.15, 0.2) is 5.78 Å². The van der Waals surface area contributed by atoms with Gasteiger partial charge in [-0.15, -0.1) is 0 Å². The first-order chi connectivity index (χ1) is 12.5. The van der Waals surface area contributed by atoms with Crippen LogP contribution < -0.4 is 5.43 Å². The van der Waals surface area contributed by atoms with E-state index in [-0.39, 0.29) is 29.1 Å². The monoisotopic (exact) mass is 364 g/mol. The molecule has 1 aliphatic carbocycles. The highest BCUT2D eigenvalue weighted by atomic mass is 35.5. The minimum Gasteiger partial charge on any atom is -0.428 e. The molecule has 2 aromatic carbocycles. The number of rotatable bonds is 1. The summed E-state index contributed by atoms with van der Waals surface area (Å²) in [4.78, 5) is 25.5. The lowest BCUT2D eigenvalue weighted by Crippen LogP contribution is -2.30. The Hall–Kier alpha value is -3.10. The van der Waals surface area contributed by atoms with Gasteiger partial charge in [0.25, 0.3) is 0 Å². The molecule has 128 valence electrons. The van der Waals surface area contributed by atoms with Gasteiger partial charge >= 0.3 is 0 Å². The molecule has 0 fully saturated rings. The van der Waals surface area contributed by atoms with Crippen LogP contribution in [-0.4, -0.2) is 15.7 Å². The van der Waals surface area contributed by atoms with E-state index in [1.165, 1.54) is 6.07 Å². The number of hydrogen-bond donors (Lipinski definition) is 1. The zero-order valence-electron chi connectivity index (χ0n) is 13.6. The van der Waals surface area contributed by atoms with Crippen LogP contribution >= 0.6 is 11.6 Å². The van der Waals surface area contributed by atoms with Crippen LogP contribution in [0.25, 0.3) is 10.9 Å². The second kappa shape index (κ2) is 6.01. The van der Waals surface area contributed by atoms with E-state index in [1.807, 2.05) is 12.1 Å². The number of nitrogens with zero attached hydrogens (tertiary/aromatic N) is 2. The number of aromatic nitrogens is 1. The van der Waals surface area contributed by atoms with Gasteiger partial charge in [-0.25, -0.2) is 0 Å². The third-order valence-corrected chi connectivity index (χ3v) is 5.10. The third-order valence-electron chi connectivity index (χ3n) is 4.86. The Labute approximate surface area is 153 Å². The summed E-state index contributed by atoms with van der Waals surface area (Å²) in [6, 6.07) is 13.7. The van der Waals surface area contributed by atoms with Gasteiger partial charge < -0.3 is 5.21 Å². The summed E-state index contributed by atoms with van der Waals surface area (Å²) in [5.74, 6) is -0.458. The number of benzene rings is 2. The topological polar surface area (TPSA) is 83.1 Å². The van der Waals surface area contributed by atoms with Crippen molar-refractivity contribution in [1.29, 1.82) is 5.26 Å². The Kier molecular flexibility index (Phi) is 3.78. The van der Waals surface area contributed by atoms with E-state index in [4.69, 9.17) is 16.9 Å². The average Bonchev–Trinajstić information content (AvgIpc) is 2.65. The van der Waals surface area contributed by atoms with Crippen LogP contribution in [0.5, 0.6) is 0 Å². The smallest absolute Gasteiger partial charge is 0.200 e. The van der Waals surface area contributed by atoms with Crippen LogP contribution in [0.4, 0.5) is 0 Å². The Morgan fingerprint density at radius 1 is 1.12 bits per heavy atom. The van der Waals surface area contributed by atoms with Gasteiger partial charge in [0.05, 0.1) is 33.8 Å². The second-order valence-electron chi connectivity index (χ2n) is 6.39.